The van der Waals surface area contributed by atoms with Crippen molar-refractivity contribution >= 4 is 11.5 Å². The van der Waals surface area contributed by atoms with Crippen molar-refractivity contribution < 1.29 is 9.84 Å². The molecule has 2 unspecified atom stereocenters. The van der Waals surface area contributed by atoms with Crippen molar-refractivity contribution in [3.63, 3.8) is 0 Å². The number of aliphatic hydroxyl groups is 1. The van der Waals surface area contributed by atoms with Gasteiger partial charge in [-0.1, -0.05) is 6.92 Å². The molecule has 1 rings (SSSR count). The van der Waals surface area contributed by atoms with Crippen LogP contribution in [-0.2, 0) is 11.3 Å². The van der Waals surface area contributed by atoms with Gasteiger partial charge in [0, 0.05) is 19.8 Å². The van der Waals surface area contributed by atoms with Gasteiger partial charge in [0.1, 0.15) is 11.5 Å². The van der Waals surface area contributed by atoms with E-state index >= 15 is 0 Å². The summed E-state index contributed by atoms with van der Waals surface area (Å²) >= 11 is 0. The lowest BCUT2D eigenvalue weighted by molar-refractivity contribution is 0.186. The van der Waals surface area contributed by atoms with Gasteiger partial charge < -0.3 is 20.9 Å². The average Bonchev–Trinajstić information content (AvgIpc) is 2.42. The van der Waals surface area contributed by atoms with Crippen LogP contribution < -0.4 is 22.3 Å². The molecule has 0 saturated heterocycles. The van der Waals surface area contributed by atoms with E-state index in [0.717, 1.165) is 0 Å². The Morgan fingerprint density at radius 1 is 1.45 bits per heavy atom. The van der Waals surface area contributed by atoms with Gasteiger partial charge in [0.05, 0.1) is 13.2 Å². The lowest BCUT2D eigenvalue weighted by Gasteiger charge is -2.21. The van der Waals surface area contributed by atoms with Crippen LogP contribution in [0, 0.1) is 5.92 Å². The second-order valence-electron chi connectivity index (χ2n) is 4.76. The molecular weight excluding hydrogens is 264 g/mol. The Morgan fingerprint density at radius 2 is 2.10 bits per heavy atom. The van der Waals surface area contributed by atoms with Crippen LogP contribution >= 0.6 is 0 Å². The molecule has 2 atom stereocenters. The van der Waals surface area contributed by atoms with Crippen LogP contribution in [0.3, 0.4) is 0 Å². The van der Waals surface area contributed by atoms with Crippen molar-refractivity contribution in [2.45, 2.75) is 26.4 Å². The van der Waals surface area contributed by atoms with Crippen molar-refractivity contribution in [3.8, 4) is 0 Å². The number of nitrogens with two attached hydrogens (primary N) is 1. The van der Waals surface area contributed by atoms with E-state index in [9.17, 15) is 9.59 Å². The van der Waals surface area contributed by atoms with Crippen molar-refractivity contribution in [2.75, 3.05) is 31.4 Å². The van der Waals surface area contributed by atoms with Crippen LogP contribution in [0.25, 0.3) is 0 Å². The number of nitrogen functional groups attached to an aromatic ring is 1. The molecule has 0 bridgehead atoms. The molecular formula is C12H22N4O4. The van der Waals surface area contributed by atoms with Crippen LogP contribution in [0.2, 0.25) is 0 Å². The smallest absolute Gasteiger partial charge is 0.330 e. The number of aromatic amines is 1. The summed E-state index contributed by atoms with van der Waals surface area (Å²) < 4.78 is 6.14. The highest BCUT2D eigenvalue weighted by molar-refractivity contribution is 5.60. The summed E-state index contributed by atoms with van der Waals surface area (Å²) in [6.45, 7) is 4.19. The molecule has 0 spiro atoms. The van der Waals surface area contributed by atoms with Crippen molar-refractivity contribution in [1.29, 1.82) is 0 Å². The Labute approximate surface area is 116 Å². The lowest BCUT2D eigenvalue weighted by Crippen LogP contribution is -2.37. The first-order valence-corrected chi connectivity index (χ1v) is 6.41. The molecule has 0 aliphatic heterocycles. The number of methoxy groups -OCH3 is 1. The van der Waals surface area contributed by atoms with E-state index in [0.29, 0.717) is 6.61 Å². The van der Waals surface area contributed by atoms with Crippen LogP contribution in [-0.4, -0.2) is 41.0 Å². The van der Waals surface area contributed by atoms with Crippen molar-refractivity contribution in [1.82, 2.24) is 9.55 Å². The summed E-state index contributed by atoms with van der Waals surface area (Å²) in [6.07, 6.45) is 0. The zero-order valence-electron chi connectivity index (χ0n) is 12.0. The van der Waals surface area contributed by atoms with Gasteiger partial charge in [-0.05, 0) is 12.8 Å². The summed E-state index contributed by atoms with van der Waals surface area (Å²) in [5.41, 5.74) is 4.87. The molecule has 0 radical (unpaired) electrons. The number of rotatable bonds is 7. The molecule has 20 heavy (non-hydrogen) atoms. The average molecular weight is 286 g/mol. The quantitative estimate of drug-likeness (QED) is 0.520. The van der Waals surface area contributed by atoms with E-state index in [1.807, 2.05) is 13.8 Å². The number of aromatic nitrogens is 2. The molecule has 0 fully saturated rings. The molecule has 0 aromatic carbocycles. The Kier molecular flexibility index (Phi) is 5.78. The number of nitrogens with one attached hydrogen (secondary N) is 2. The van der Waals surface area contributed by atoms with Gasteiger partial charge >= 0.3 is 5.69 Å². The van der Waals surface area contributed by atoms with E-state index in [1.165, 1.54) is 11.7 Å². The van der Waals surface area contributed by atoms with Gasteiger partial charge in [-0.25, -0.2) is 4.79 Å². The molecule has 0 aliphatic carbocycles. The first-order valence-electron chi connectivity index (χ1n) is 6.41. The maximum absolute atomic E-state index is 11.8. The Balaban J connectivity index is 3.13. The normalized spacial score (nSPS) is 14.0. The Morgan fingerprint density at radius 3 is 2.65 bits per heavy atom. The minimum Gasteiger partial charge on any atom is -0.396 e. The van der Waals surface area contributed by atoms with Crippen LogP contribution in [0.15, 0.2) is 9.59 Å². The largest absolute Gasteiger partial charge is 0.396 e. The predicted octanol–water partition coefficient (Wildman–Crippen LogP) is -0.806. The summed E-state index contributed by atoms with van der Waals surface area (Å²) in [4.78, 5) is 25.7. The first-order chi connectivity index (χ1) is 9.42. The number of hydrogen-bond donors (Lipinski definition) is 4. The number of anilines is 2. The van der Waals surface area contributed by atoms with Gasteiger partial charge in [-0.3, -0.25) is 14.3 Å². The van der Waals surface area contributed by atoms with Crippen LogP contribution in [0.5, 0.6) is 0 Å². The monoisotopic (exact) mass is 286 g/mol. The SMILES string of the molecule is COCCn1c(N)c(NC(C)C(C)CO)c(=O)[nH]c1=O. The minimum atomic E-state index is -0.571. The van der Waals surface area contributed by atoms with Crippen molar-refractivity contribution in [2.24, 2.45) is 5.92 Å². The lowest BCUT2D eigenvalue weighted by atomic mass is 10.1. The van der Waals surface area contributed by atoms with Gasteiger partial charge in [-0.15, -0.1) is 0 Å². The first kappa shape index (κ1) is 16.3. The molecule has 8 nitrogen and oxygen atoms in total. The molecule has 5 N–H and O–H groups in total. The third kappa shape index (κ3) is 3.61. The summed E-state index contributed by atoms with van der Waals surface area (Å²) in [5.74, 6) is 0.000873. The van der Waals surface area contributed by atoms with Crippen LogP contribution in [0.1, 0.15) is 13.8 Å². The second kappa shape index (κ2) is 7.11. The Bertz CT molecular complexity index is 551. The minimum absolute atomic E-state index is 0.0186. The summed E-state index contributed by atoms with van der Waals surface area (Å²) in [5, 5.41) is 12.1. The van der Waals surface area contributed by atoms with Crippen molar-refractivity contribution in [3.05, 3.63) is 20.8 Å². The topological polar surface area (TPSA) is 122 Å². The van der Waals surface area contributed by atoms with Gasteiger partial charge in [0.2, 0.25) is 0 Å². The fourth-order valence-corrected chi connectivity index (χ4v) is 1.66. The highest BCUT2D eigenvalue weighted by Gasteiger charge is 2.17. The number of hydrogen-bond acceptors (Lipinski definition) is 6. The number of nitrogens with zero attached hydrogens (tertiary/aromatic N) is 1. The fourth-order valence-electron chi connectivity index (χ4n) is 1.66. The zero-order chi connectivity index (χ0) is 15.3. The maximum atomic E-state index is 11.8. The zero-order valence-corrected chi connectivity index (χ0v) is 12.0. The highest BCUT2D eigenvalue weighted by atomic mass is 16.5. The van der Waals surface area contributed by atoms with E-state index in [4.69, 9.17) is 15.6 Å². The molecule has 114 valence electrons. The second-order valence-corrected chi connectivity index (χ2v) is 4.76. The molecule has 8 heteroatoms. The van der Waals surface area contributed by atoms with E-state index in [-0.39, 0.29) is 36.6 Å². The standard InChI is InChI=1S/C12H22N4O4/c1-7(6-17)8(2)14-9-10(13)16(4-5-20-3)12(19)15-11(9)18/h7-8,14,17H,4-6,13H2,1-3H3,(H,15,18,19). The number of H-pyrrole nitrogens is 1. The molecule has 1 aromatic rings. The third-order valence-corrected chi connectivity index (χ3v) is 3.27. The third-order valence-electron chi connectivity index (χ3n) is 3.27. The Hall–Kier alpha value is -1.80. The number of ether oxygens (including phenoxy) is 1. The predicted molar refractivity (Wildman–Crippen MR) is 76.9 cm³/mol. The molecule has 1 heterocycles. The van der Waals surface area contributed by atoms with E-state index in [2.05, 4.69) is 10.3 Å². The molecule has 0 aliphatic rings. The summed E-state index contributed by atoms with van der Waals surface area (Å²) in [7, 11) is 1.51. The highest BCUT2D eigenvalue weighted by Crippen LogP contribution is 2.14. The van der Waals surface area contributed by atoms with Gasteiger partial charge in [0.15, 0.2) is 0 Å². The maximum Gasteiger partial charge on any atom is 0.330 e. The summed E-state index contributed by atoms with van der Waals surface area (Å²) in [6, 6.07) is -0.170. The van der Waals surface area contributed by atoms with Gasteiger partial charge in [-0.2, -0.15) is 0 Å². The number of aliphatic hydroxyl groups excluding tert-OH is 1. The van der Waals surface area contributed by atoms with Crippen LogP contribution in [0.4, 0.5) is 11.5 Å². The molecule has 0 amide bonds. The van der Waals surface area contributed by atoms with Gasteiger partial charge in [0.25, 0.3) is 5.56 Å². The fraction of sp³-hybridized carbons (Fsp3) is 0.667. The molecule has 1 aromatic heterocycles. The molecule has 0 saturated carbocycles. The van der Waals surface area contributed by atoms with E-state index < -0.39 is 11.2 Å². The van der Waals surface area contributed by atoms with E-state index in [1.54, 1.807) is 0 Å².